The van der Waals surface area contributed by atoms with Gasteiger partial charge in [-0.1, -0.05) is 6.92 Å². The van der Waals surface area contributed by atoms with Crippen LogP contribution >= 0.6 is 0 Å². The molecule has 1 fully saturated rings. The first-order valence-electron chi connectivity index (χ1n) is 7.48. The Labute approximate surface area is 123 Å². The van der Waals surface area contributed by atoms with Crippen molar-refractivity contribution in [3.8, 4) is 0 Å². The molecule has 0 aromatic carbocycles. The summed E-state index contributed by atoms with van der Waals surface area (Å²) < 4.78 is 7.16. The standard InChI is InChI=1S/C15H20N2O4/c1-2-10-4-3-5-16(10)14(18)12-8-11(15(19)20)13-9-21-7-6-17(12)13/h8,10H,2-7,9H2,1H3,(H,19,20). The van der Waals surface area contributed by atoms with E-state index in [1.54, 1.807) is 0 Å². The lowest BCUT2D eigenvalue weighted by molar-refractivity contribution is 0.0637. The fraction of sp³-hybridized carbons (Fsp3) is 0.600. The SMILES string of the molecule is CCC1CCCN1C(=O)c1cc(C(=O)O)c2n1CCOC2. The molecule has 2 aliphatic heterocycles. The molecule has 114 valence electrons. The predicted molar refractivity (Wildman–Crippen MR) is 75.4 cm³/mol. The minimum absolute atomic E-state index is 0.0463. The zero-order valence-corrected chi connectivity index (χ0v) is 12.2. The normalized spacial score (nSPS) is 21.4. The molecule has 1 amide bonds. The largest absolute Gasteiger partial charge is 0.478 e. The van der Waals surface area contributed by atoms with Crippen molar-refractivity contribution >= 4 is 11.9 Å². The van der Waals surface area contributed by atoms with Gasteiger partial charge >= 0.3 is 5.97 Å². The lowest BCUT2D eigenvalue weighted by Gasteiger charge is -2.25. The summed E-state index contributed by atoms with van der Waals surface area (Å²) in [6, 6.07) is 1.79. The molecule has 2 aliphatic rings. The number of carbonyl (C=O) groups is 2. The highest BCUT2D eigenvalue weighted by atomic mass is 16.5. The van der Waals surface area contributed by atoms with Crippen molar-refractivity contribution in [2.24, 2.45) is 0 Å². The first-order chi connectivity index (χ1) is 10.1. The number of ether oxygens (including phenoxy) is 1. The third-order valence-electron chi connectivity index (χ3n) is 4.47. The van der Waals surface area contributed by atoms with Gasteiger partial charge in [0.1, 0.15) is 5.69 Å². The predicted octanol–water partition coefficient (Wildman–Crippen LogP) is 1.73. The van der Waals surface area contributed by atoms with Crippen LogP contribution in [0.3, 0.4) is 0 Å². The van der Waals surface area contributed by atoms with Gasteiger partial charge in [-0.2, -0.15) is 0 Å². The van der Waals surface area contributed by atoms with E-state index < -0.39 is 5.97 Å². The van der Waals surface area contributed by atoms with Crippen LogP contribution in [0.1, 0.15) is 52.7 Å². The van der Waals surface area contributed by atoms with Gasteiger partial charge in [0.2, 0.25) is 0 Å². The number of aromatic nitrogens is 1. The molecule has 1 unspecified atom stereocenters. The number of carboxylic acids is 1. The molecule has 6 heteroatoms. The summed E-state index contributed by atoms with van der Waals surface area (Å²) in [4.78, 5) is 26.0. The Morgan fingerprint density at radius 1 is 1.43 bits per heavy atom. The Morgan fingerprint density at radius 2 is 2.24 bits per heavy atom. The van der Waals surface area contributed by atoms with Gasteiger partial charge < -0.3 is 19.3 Å². The van der Waals surface area contributed by atoms with Gasteiger partial charge in [-0.3, -0.25) is 4.79 Å². The van der Waals surface area contributed by atoms with Crippen LogP contribution in [0.2, 0.25) is 0 Å². The highest BCUT2D eigenvalue weighted by molar-refractivity contribution is 5.98. The Hall–Kier alpha value is -1.82. The van der Waals surface area contributed by atoms with Gasteiger partial charge in [0.25, 0.3) is 5.91 Å². The average Bonchev–Trinajstić information content (AvgIpc) is 3.11. The van der Waals surface area contributed by atoms with Crippen molar-refractivity contribution < 1.29 is 19.4 Å². The summed E-state index contributed by atoms with van der Waals surface area (Å²) in [6.45, 7) is 4.15. The fourth-order valence-corrected chi connectivity index (χ4v) is 3.36. The summed E-state index contributed by atoms with van der Waals surface area (Å²) in [5, 5.41) is 9.31. The summed E-state index contributed by atoms with van der Waals surface area (Å²) in [6.07, 6.45) is 2.99. The van der Waals surface area contributed by atoms with Gasteiger partial charge in [-0.15, -0.1) is 0 Å². The number of carboxylic acid groups (broad SMARTS) is 1. The van der Waals surface area contributed by atoms with Gasteiger partial charge in [0.05, 0.1) is 24.5 Å². The van der Waals surface area contributed by atoms with E-state index in [1.807, 2.05) is 9.47 Å². The highest BCUT2D eigenvalue weighted by Gasteiger charge is 2.32. The maximum atomic E-state index is 12.8. The molecule has 0 saturated carbocycles. The number of likely N-dealkylation sites (tertiary alicyclic amines) is 1. The third kappa shape index (κ3) is 2.33. The van der Waals surface area contributed by atoms with Gasteiger partial charge in [-0.05, 0) is 25.3 Å². The second-order valence-electron chi connectivity index (χ2n) is 5.60. The van der Waals surface area contributed by atoms with Crippen molar-refractivity contribution in [2.75, 3.05) is 13.2 Å². The zero-order valence-electron chi connectivity index (χ0n) is 12.2. The number of fused-ring (bicyclic) bond motifs is 1. The number of hydrogen-bond acceptors (Lipinski definition) is 3. The number of carbonyl (C=O) groups excluding carboxylic acids is 1. The van der Waals surface area contributed by atoms with Crippen molar-refractivity contribution in [3.05, 3.63) is 23.0 Å². The monoisotopic (exact) mass is 292 g/mol. The van der Waals surface area contributed by atoms with E-state index in [2.05, 4.69) is 6.92 Å². The number of aromatic carboxylic acids is 1. The zero-order chi connectivity index (χ0) is 15.0. The van der Waals surface area contributed by atoms with Crippen LogP contribution in [0.5, 0.6) is 0 Å². The van der Waals surface area contributed by atoms with Gasteiger partial charge in [0, 0.05) is 19.1 Å². The van der Waals surface area contributed by atoms with E-state index in [1.165, 1.54) is 6.07 Å². The maximum Gasteiger partial charge on any atom is 0.337 e. The van der Waals surface area contributed by atoms with Gasteiger partial charge in [-0.25, -0.2) is 4.79 Å². The number of hydrogen-bond donors (Lipinski definition) is 1. The van der Waals surface area contributed by atoms with E-state index >= 15 is 0 Å². The minimum Gasteiger partial charge on any atom is -0.478 e. The van der Waals surface area contributed by atoms with Crippen LogP contribution < -0.4 is 0 Å². The van der Waals surface area contributed by atoms with E-state index in [4.69, 9.17) is 4.74 Å². The lowest BCUT2D eigenvalue weighted by Crippen LogP contribution is -2.37. The van der Waals surface area contributed by atoms with Crippen LogP contribution in [0, 0.1) is 0 Å². The molecular formula is C15H20N2O4. The van der Waals surface area contributed by atoms with Gasteiger partial charge in [0.15, 0.2) is 0 Å². The summed E-state index contributed by atoms with van der Waals surface area (Å²) in [7, 11) is 0. The lowest BCUT2D eigenvalue weighted by atomic mass is 10.1. The Morgan fingerprint density at radius 3 is 2.95 bits per heavy atom. The molecule has 1 aromatic rings. The molecule has 0 radical (unpaired) electrons. The quantitative estimate of drug-likeness (QED) is 0.921. The fourth-order valence-electron chi connectivity index (χ4n) is 3.36. The molecule has 6 nitrogen and oxygen atoms in total. The minimum atomic E-state index is -1.00. The van der Waals surface area contributed by atoms with Crippen molar-refractivity contribution in [1.29, 1.82) is 0 Å². The number of amides is 1. The van der Waals surface area contributed by atoms with E-state index in [0.29, 0.717) is 24.5 Å². The van der Waals surface area contributed by atoms with E-state index in [-0.39, 0.29) is 24.1 Å². The average molecular weight is 292 g/mol. The first kappa shape index (κ1) is 14.1. The summed E-state index contributed by atoms with van der Waals surface area (Å²) in [5.74, 6) is -1.05. The molecule has 0 aliphatic carbocycles. The molecule has 3 heterocycles. The van der Waals surface area contributed by atoms with Crippen molar-refractivity contribution in [3.63, 3.8) is 0 Å². The van der Waals surface area contributed by atoms with Crippen molar-refractivity contribution in [1.82, 2.24) is 9.47 Å². The van der Waals surface area contributed by atoms with Crippen LogP contribution in [-0.4, -0.2) is 45.6 Å². The number of rotatable bonds is 3. The highest BCUT2D eigenvalue weighted by Crippen LogP contribution is 2.26. The molecule has 0 spiro atoms. The summed E-state index contributed by atoms with van der Waals surface area (Å²) >= 11 is 0. The smallest absolute Gasteiger partial charge is 0.337 e. The number of nitrogens with zero attached hydrogens (tertiary/aromatic N) is 2. The van der Waals surface area contributed by atoms with Crippen LogP contribution in [0.25, 0.3) is 0 Å². The Kier molecular flexibility index (Phi) is 3.71. The maximum absolute atomic E-state index is 12.8. The topological polar surface area (TPSA) is 71.8 Å². The first-order valence-corrected chi connectivity index (χ1v) is 7.48. The molecule has 1 atom stereocenters. The Balaban J connectivity index is 1.98. The van der Waals surface area contributed by atoms with E-state index in [0.717, 1.165) is 25.8 Å². The third-order valence-corrected chi connectivity index (χ3v) is 4.47. The second-order valence-corrected chi connectivity index (χ2v) is 5.60. The molecule has 0 bridgehead atoms. The van der Waals surface area contributed by atoms with E-state index in [9.17, 15) is 14.7 Å². The molecule has 1 aromatic heterocycles. The van der Waals surface area contributed by atoms with Crippen LogP contribution in [0.15, 0.2) is 6.07 Å². The molecule has 3 rings (SSSR count). The summed E-state index contributed by atoms with van der Waals surface area (Å²) in [5.41, 5.74) is 1.28. The van der Waals surface area contributed by atoms with Crippen molar-refractivity contribution in [2.45, 2.75) is 45.4 Å². The van der Waals surface area contributed by atoms with Crippen LogP contribution in [0.4, 0.5) is 0 Å². The molecule has 1 N–H and O–H groups in total. The molecular weight excluding hydrogens is 272 g/mol. The molecule has 1 saturated heterocycles. The van der Waals surface area contributed by atoms with Crippen LogP contribution in [-0.2, 0) is 17.9 Å². The second kappa shape index (κ2) is 5.52. The molecule has 21 heavy (non-hydrogen) atoms. The Bertz CT molecular complexity index is 578.